The quantitative estimate of drug-likeness (QED) is 0.760. The Balaban J connectivity index is 2.08. The van der Waals surface area contributed by atoms with Gasteiger partial charge in [0.25, 0.3) is 0 Å². The molecule has 0 fully saturated rings. The first-order chi connectivity index (χ1) is 10.1. The molecule has 0 aliphatic rings. The molecule has 2 aromatic carbocycles. The van der Waals surface area contributed by atoms with Crippen molar-refractivity contribution >= 4 is 0 Å². The number of aliphatic hydroxyl groups excluding tert-OH is 1. The van der Waals surface area contributed by atoms with Crippen molar-refractivity contribution in [2.24, 2.45) is 11.5 Å². The Kier molecular flexibility index (Phi) is 5.51. The van der Waals surface area contributed by atoms with Crippen molar-refractivity contribution in [1.29, 1.82) is 0 Å². The Morgan fingerprint density at radius 1 is 0.810 bits per heavy atom. The van der Waals surface area contributed by atoms with Crippen LogP contribution >= 0.6 is 0 Å². The molecule has 0 aliphatic carbocycles. The average molecular weight is 284 g/mol. The predicted molar refractivity (Wildman–Crippen MR) is 88.0 cm³/mol. The molecule has 0 aliphatic heterocycles. The van der Waals surface area contributed by atoms with Gasteiger partial charge in [0.05, 0.1) is 6.61 Å². The third-order valence-electron chi connectivity index (χ3n) is 3.53. The highest BCUT2D eigenvalue weighted by molar-refractivity contribution is 5.64. The molecule has 2 atom stereocenters. The molecule has 0 aromatic heterocycles. The van der Waals surface area contributed by atoms with E-state index in [-0.39, 0.29) is 18.7 Å². The van der Waals surface area contributed by atoms with Crippen molar-refractivity contribution in [1.82, 2.24) is 0 Å². The van der Waals surface area contributed by atoms with Gasteiger partial charge in [-0.3, -0.25) is 0 Å². The number of rotatable bonds is 6. The topological polar surface area (TPSA) is 72.3 Å². The van der Waals surface area contributed by atoms with Crippen LogP contribution in [0.1, 0.15) is 18.1 Å². The minimum atomic E-state index is -0.187. The fourth-order valence-corrected chi connectivity index (χ4v) is 2.41. The summed E-state index contributed by atoms with van der Waals surface area (Å²) in [6.07, 6.45) is 1.60. The normalized spacial score (nSPS) is 13.9. The van der Waals surface area contributed by atoms with E-state index in [2.05, 4.69) is 48.5 Å². The van der Waals surface area contributed by atoms with Gasteiger partial charge >= 0.3 is 0 Å². The predicted octanol–water partition coefficient (Wildman–Crippen LogP) is 2.11. The van der Waals surface area contributed by atoms with Crippen LogP contribution in [0.5, 0.6) is 0 Å². The van der Waals surface area contributed by atoms with E-state index in [0.29, 0.717) is 6.42 Å². The molecule has 112 valence electrons. The number of nitrogens with two attached hydrogens (primary N) is 2. The Morgan fingerprint density at radius 3 is 1.62 bits per heavy atom. The maximum Gasteiger partial charge on any atom is 0.0585 e. The monoisotopic (exact) mass is 284 g/mol. The number of aliphatic hydroxyl groups is 1. The van der Waals surface area contributed by atoms with Crippen molar-refractivity contribution in [3.05, 3.63) is 59.7 Å². The highest BCUT2D eigenvalue weighted by atomic mass is 16.3. The third-order valence-corrected chi connectivity index (χ3v) is 3.53. The lowest BCUT2D eigenvalue weighted by Crippen LogP contribution is -2.26. The van der Waals surface area contributed by atoms with E-state index >= 15 is 0 Å². The van der Waals surface area contributed by atoms with Gasteiger partial charge in [-0.2, -0.15) is 0 Å². The maximum absolute atomic E-state index is 8.98. The minimum absolute atomic E-state index is 0.0166. The third kappa shape index (κ3) is 4.67. The average Bonchev–Trinajstić information content (AvgIpc) is 2.48. The lowest BCUT2D eigenvalue weighted by atomic mass is 9.99. The van der Waals surface area contributed by atoms with Crippen molar-refractivity contribution in [2.45, 2.75) is 31.8 Å². The summed E-state index contributed by atoms with van der Waals surface area (Å²) in [6.45, 7) is 2.03. The maximum atomic E-state index is 8.98. The first kappa shape index (κ1) is 15.7. The Labute approximate surface area is 126 Å². The molecular weight excluding hydrogens is 260 g/mol. The van der Waals surface area contributed by atoms with Gasteiger partial charge in [-0.05, 0) is 42.0 Å². The highest BCUT2D eigenvalue weighted by Crippen LogP contribution is 2.21. The van der Waals surface area contributed by atoms with Crippen LogP contribution in [0.25, 0.3) is 11.1 Å². The fraction of sp³-hybridized carbons (Fsp3) is 0.333. The zero-order valence-electron chi connectivity index (χ0n) is 12.5. The van der Waals surface area contributed by atoms with Crippen LogP contribution in [-0.2, 0) is 12.8 Å². The molecule has 2 rings (SSSR count). The molecule has 3 nitrogen and oxygen atoms in total. The minimum Gasteiger partial charge on any atom is -0.395 e. The molecule has 0 spiro atoms. The first-order valence-corrected chi connectivity index (χ1v) is 7.38. The summed E-state index contributed by atoms with van der Waals surface area (Å²) < 4.78 is 0. The molecule has 0 heterocycles. The SMILES string of the molecule is CC(N)Cc1ccc(-c2ccc(CC(N)CO)cc2)cc1. The molecule has 5 N–H and O–H groups in total. The summed E-state index contributed by atoms with van der Waals surface area (Å²) in [4.78, 5) is 0. The van der Waals surface area contributed by atoms with Gasteiger partial charge in [-0.25, -0.2) is 0 Å². The molecule has 2 aromatic rings. The zero-order valence-corrected chi connectivity index (χ0v) is 12.5. The standard InChI is InChI=1S/C18H24N2O/c1-13(19)10-14-2-6-16(7-3-14)17-8-4-15(5-9-17)11-18(20)12-21/h2-9,13,18,21H,10-12,19-20H2,1H3. The van der Waals surface area contributed by atoms with Crippen molar-refractivity contribution < 1.29 is 5.11 Å². The Hall–Kier alpha value is -1.68. The van der Waals surface area contributed by atoms with Gasteiger partial charge in [-0.1, -0.05) is 48.5 Å². The van der Waals surface area contributed by atoms with Crippen LogP contribution in [0, 0.1) is 0 Å². The molecular formula is C18H24N2O. The number of hydrogen-bond acceptors (Lipinski definition) is 3. The molecule has 3 heteroatoms. The van der Waals surface area contributed by atoms with Crippen LogP contribution < -0.4 is 11.5 Å². The second-order valence-electron chi connectivity index (χ2n) is 5.72. The van der Waals surface area contributed by atoms with E-state index in [4.69, 9.17) is 16.6 Å². The molecule has 0 amide bonds. The van der Waals surface area contributed by atoms with E-state index < -0.39 is 0 Å². The largest absolute Gasteiger partial charge is 0.395 e. The molecule has 0 saturated heterocycles. The zero-order chi connectivity index (χ0) is 15.2. The van der Waals surface area contributed by atoms with Gasteiger partial charge in [0.2, 0.25) is 0 Å². The van der Waals surface area contributed by atoms with Gasteiger partial charge in [0.15, 0.2) is 0 Å². The molecule has 0 bridgehead atoms. The van der Waals surface area contributed by atoms with Crippen LogP contribution in [0.3, 0.4) is 0 Å². The van der Waals surface area contributed by atoms with Gasteiger partial charge in [0, 0.05) is 12.1 Å². The van der Waals surface area contributed by atoms with Crippen molar-refractivity contribution in [3.8, 4) is 11.1 Å². The molecule has 2 unspecified atom stereocenters. The van der Waals surface area contributed by atoms with Crippen molar-refractivity contribution in [3.63, 3.8) is 0 Å². The van der Waals surface area contributed by atoms with Crippen LogP contribution in [-0.4, -0.2) is 23.8 Å². The van der Waals surface area contributed by atoms with Gasteiger partial charge < -0.3 is 16.6 Å². The molecule has 0 radical (unpaired) electrons. The number of benzene rings is 2. The van der Waals surface area contributed by atoms with E-state index in [9.17, 15) is 0 Å². The Morgan fingerprint density at radius 2 is 1.24 bits per heavy atom. The van der Waals surface area contributed by atoms with Crippen molar-refractivity contribution in [2.75, 3.05) is 6.61 Å². The molecule has 21 heavy (non-hydrogen) atoms. The second-order valence-corrected chi connectivity index (χ2v) is 5.72. The Bertz CT molecular complexity index is 546. The lowest BCUT2D eigenvalue weighted by Gasteiger charge is -2.10. The summed E-state index contributed by atoms with van der Waals surface area (Å²) >= 11 is 0. The summed E-state index contributed by atoms with van der Waals surface area (Å²) in [6, 6.07) is 16.9. The van der Waals surface area contributed by atoms with Gasteiger partial charge in [-0.15, -0.1) is 0 Å². The highest BCUT2D eigenvalue weighted by Gasteiger charge is 2.04. The summed E-state index contributed by atoms with van der Waals surface area (Å²) in [5.41, 5.74) is 16.4. The van der Waals surface area contributed by atoms with E-state index in [1.165, 1.54) is 16.7 Å². The lowest BCUT2D eigenvalue weighted by molar-refractivity contribution is 0.265. The fourth-order valence-electron chi connectivity index (χ4n) is 2.41. The second kappa shape index (κ2) is 7.36. The van der Waals surface area contributed by atoms with E-state index in [1.807, 2.05) is 6.92 Å². The number of hydrogen-bond donors (Lipinski definition) is 3. The smallest absolute Gasteiger partial charge is 0.0585 e. The van der Waals surface area contributed by atoms with E-state index in [0.717, 1.165) is 12.0 Å². The van der Waals surface area contributed by atoms with E-state index in [1.54, 1.807) is 0 Å². The summed E-state index contributed by atoms with van der Waals surface area (Å²) in [5.74, 6) is 0. The van der Waals surface area contributed by atoms with Crippen LogP contribution in [0.15, 0.2) is 48.5 Å². The van der Waals surface area contributed by atoms with Crippen LogP contribution in [0.2, 0.25) is 0 Å². The summed E-state index contributed by atoms with van der Waals surface area (Å²) in [5, 5.41) is 8.98. The molecule has 0 saturated carbocycles. The van der Waals surface area contributed by atoms with Gasteiger partial charge in [0.1, 0.15) is 0 Å². The van der Waals surface area contributed by atoms with Crippen LogP contribution in [0.4, 0.5) is 0 Å². The summed E-state index contributed by atoms with van der Waals surface area (Å²) in [7, 11) is 0. The first-order valence-electron chi connectivity index (χ1n) is 7.38.